The molecule has 0 amide bonds. The van der Waals surface area contributed by atoms with Gasteiger partial charge in [-0.1, -0.05) is 0 Å². The molecule has 0 bridgehead atoms. The van der Waals surface area contributed by atoms with Gasteiger partial charge in [-0.25, -0.2) is 9.97 Å². The van der Waals surface area contributed by atoms with E-state index in [9.17, 15) is 0 Å². The molecule has 0 aliphatic heterocycles. The van der Waals surface area contributed by atoms with E-state index in [0.29, 0.717) is 11.4 Å². The van der Waals surface area contributed by atoms with Crippen LogP contribution in [0.25, 0.3) is 11.3 Å². The molecule has 0 unspecified atom stereocenters. The number of aryl methyl sites for hydroxylation is 2. The van der Waals surface area contributed by atoms with Crippen LogP contribution in [0.1, 0.15) is 5.69 Å². The third kappa shape index (κ3) is 1.86. The minimum absolute atomic E-state index is 0.194. The van der Waals surface area contributed by atoms with Crippen molar-refractivity contribution in [3.05, 3.63) is 23.4 Å². The molecular formula is C10H11ClN4O. The molecule has 0 spiro atoms. The number of methoxy groups -OCH3 is 1. The smallest absolute Gasteiger partial charge is 0.223 e. The van der Waals surface area contributed by atoms with Crippen molar-refractivity contribution in [1.82, 2.24) is 19.7 Å². The monoisotopic (exact) mass is 238 g/mol. The standard InChI is InChI=1S/C10H11ClN4O/c1-6-7(5-15(2)14-6)9-8(16-3)4-12-10(11)13-9/h4-5H,1-3H3. The summed E-state index contributed by atoms with van der Waals surface area (Å²) in [5.74, 6) is 0.584. The van der Waals surface area contributed by atoms with E-state index in [1.54, 1.807) is 18.0 Å². The Hall–Kier alpha value is -1.62. The second-order valence-electron chi connectivity index (χ2n) is 3.36. The Morgan fingerprint density at radius 2 is 2.19 bits per heavy atom. The number of hydrogen-bond donors (Lipinski definition) is 0. The van der Waals surface area contributed by atoms with Gasteiger partial charge in [-0.15, -0.1) is 0 Å². The molecule has 2 aromatic rings. The molecule has 0 aliphatic rings. The lowest BCUT2D eigenvalue weighted by Gasteiger charge is -2.05. The first kappa shape index (κ1) is 10.9. The first-order chi connectivity index (χ1) is 7.61. The SMILES string of the molecule is COc1cnc(Cl)nc1-c1cn(C)nc1C. The molecular weight excluding hydrogens is 228 g/mol. The molecule has 16 heavy (non-hydrogen) atoms. The van der Waals surface area contributed by atoms with E-state index in [-0.39, 0.29) is 5.28 Å². The summed E-state index contributed by atoms with van der Waals surface area (Å²) in [5, 5.41) is 4.44. The summed E-state index contributed by atoms with van der Waals surface area (Å²) in [7, 11) is 3.42. The van der Waals surface area contributed by atoms with E-state index in [1.807, 2.05) is 20.2 Å². The molecule has 2 aromatic heterocycles. The Morgan fingerprint density at radius 1 is 1.44 bits per heavy atom. The van der Waals surface area contributed by atoms with Crippen LogP contribution in [0.3, 0.4) is 0 Å². The Labute approximate surface area is 98.0 Å². The maximum atomic E-state index is 5.78. The summed E-state index contributed by atoms with van der Waals surface area (Å²) >= 11 is 5.78. The molecule has 0 aliphatic carbocycles. The first-order valence-electron chi connectivity index (χ1n) is 4.69. The molecule has 2 heterocycles. The normalized spacial score (nSPS) is 10.5. The fourth-order valence-electron chi connectivity index (χ4n) is 1.52. The lowest BCUT2D eigenvalue weighted by atomic mass is 10.2. The highest BCUT2D eigenvalue weighted by molar-refractivity contribution is 6.28. The number of nitrogens with zero attached hydrogens (tertiary/aromatic N) is 4. The largest absolute Gasteiger partial charge is 0.493 e. The van der Waals surface area contributed by atoms with Crippen molar-refractivity contribution in [3.63, 3.8) is 0 Å². The molecule has 0 fully saturated rings. The topological polar surface area (TPSA) is 52.8 Å². The van der Waals surface area contributed by atoms with Gasteiger partial charge in [0.05, 0.1) is 19.0 Å². The van der Waals surface area contributed by atoms with Crippen molar-refractivity contribution in [1.29, 1.82) is 0 Å². The summed E-state index contributed by atoms with van der Waals surface area (Å²) in [4.78, 5) is 8.04. The van der Waals surface area contributed by atoms with E-state index in [0.717, 1.165) is 11.3 Å². The van der Waals surface area contributed by atoms with Crippen LogP contribution in [0.15, 0.2) is 12.4 Å². The molecule has 0 radical (unpaired) electrons. The van der Waals surface area contributed by atoms with Crippen LogP contribution in [0.2, 0.25) is 5.28 Å². The van der Waals surface area contributed by atoms with Gasteiger partial charge in [0.1, 0.15) is 5.69 Å². The maximum Gasteiger partial charge on any atom is 0.223 e. The highest BCUT2D eigenvalue weighted by atomic mass is 35.5. The summed E-state index contributed by atoms with van der Waals surface area (Å²) in [6.45, 7) is 1.91. The Bertz CT molecular complexity index is 524. The van der Waals surface area contributed by atoms with Gasteiger partial charge in [-0.3, -0.25) is 4.68 Å². The molecule has 0 aromatic carbocycles. The molecule has 5 nitrogen and oxygen atoms in total. The minimum atomic E-state index is 0.194. The second-order valence-corrected chi connectivity index (χ2v) is 3.70. The second kappa shape index (κ2) is 4.09. The summed E-state index contributed by atoms with van der Waals surface area (Å²) in [6.07, 6.45) is 3.42. The van der Waals surface area contributed by atoms with E-state index >= 15 is 0 Å². The molecule has 2 rings (SSSR count). The van der Waals surface area contributed by atoms with Crippen LogP contribution >= 0.6 is 11.6 Å². The maximum absolute atomic E-state index is 5.78. The third-order valence-corrected chi connectivity index (χ3v) is 2.40. The Balaban J connectivity index is 2.62. The van der Waals surface area contributed by atoms with Crippen LogP contribution in [-0.4, -0.2) is 26.9 Å². The van der Waals surface area contributed by atoms with Crippen LogP contribution in [0, 0.1) is 6.92 Å². The van der Waals surface area contributed by atoms with Gasteiger partial charge in [-0.05, 0) is 18.5 Å². The average Bonchev–Trinajstić information content (AvgIpc) is 2.57. The van der Waals surface area contributed by atoms with Crippen molar-refractivity contribution >= 4 is 11.6 Å². The van der Waals surface area contributed by atoms with Gasteiger partial charge in [-0.2, -0.15) is 5.10 Å². The zero-order chi connectivity index (χ0) is 11.7. The highest BCUT2D eigenvalue weighted by Gasteiger charge is 2.14. The number of hydrogen-bond acceptors (Lipinski definition) is 4. The average molecular weight is 239 g/mol. The molecule has 6 heteroatoms. The number of ether oxygens (including phenoxy) is 1. The lowest BCUT2D eigenvalue weighted by Crippen LogP contribution is -1.94. The molecule has 0 saturated heterocycles. The van der Waals surface area contributed by atoms with Gasteiger partial charge in [0.25, 0.3) is 0 Å². The van der Waals surface area contributed by atoms with Gasteiger partial charge in [0.15, 0.2) is 5.75 Å². The van der Waals surface area contributed by atoms with E-state index in [4.69, 9.17) is 16.3 Å². The molecule has 0 saturated carbocycles. The van der Waals surface area contributed by atoms with E-state index in [2.05, 4.69) is 15.1 Å². The van der Waals surface area contributed by atoms with Crippen molar-refractivity contribution in [2.75, 3.05) is 7.11 Å². The predicted octanol–water partition coefficient (Wildman–Crippen LogP) is 1.85. The summed E-state index contributed by atoms with van der Waals surface area (Å²) in [6, 6.07) is 0. The quantitative estimate of drug-likeness (QED) is 0.750. The Morgan fingerprint density at radius 3 is 2.75 bits per heavy atom. The number of halogens is 1. The summed E-state index contributed by atoms with van der Waals surface area (Å²) in [5.41, 5.74) is 2.42. The third-order valence-electron chi connectivity index (χ3n) is 2.21. The summed E-state index contributed by atoms with van der Waals surface area (Å²) < 4.78 is 6.92. The van der Waals surface area contributed by atoms with Crippen molar-refractivity contribution in [2.45, 2.75) is 6.92 Å². The minimum Gasteiger partial charge on any atom is -0.493 e. The zero-order valence-corrected chi connectivity index (χ0v) is 9.99. The van der Waals surface area contributed by atoms with E-state index in [1.165, 1.54) is 0 Å². The first-order valence-corrected chi connectivity index (χ1v) is 5.06. The number of aromatic nitrogens is 4. The number of rotatable bonds is 2. The Kier molecular flexibility index (Phi) is 2.78. The highest BCUT2D eigenvalue weighted by Crippen LogP contribution is 2.29. The molecule has 0 atom stereocenters. The molecule has 0 N–H and O–H groups in total. The van der Waals surface area contributed by atoms with Crippen molar-refractivity contribution in [2.24, 2.45) is 7.05 Å². The van der Waals surface area contributed by atoms with Crippen LogP contribution in [0.5, 0.6) is 5.75 Å². The molecule has 84 valence electrons. The lowest BCUT2D eigenvalue weighted by molar-refractivity contribution is 0.412. The van der Waals surface area contributed by atoms with Crippen molar-refractivity contribution in [3.8, 4) is 17.0 Å². The van der Waals surface area contributed by atoms with Crippen LogP contribution in [-0.2, 0) is 7.05 Å². The van der Waals surface area contributed by atoms with Crippen molar-refractivity contribution < 1.29 is 4.74 Å². The van der Waals surface area contributed by atoms with Gasteiger partial charge < -0.3 is 4.74 Å². The van der Waals surface area contributed by atoms with Gasteiger partial charge in [0.2, 0.25) is 5.28 Å². The zero-order valence-electron chi connectivity index (χ0n) is 9.23. The fourth-order valence-corrected chi connectivity index (χ4v) is 1.66. The van der Waals surface area contributed by atoms with Gasteiger partial charge >= 0.3 is 0 Å². The van der Waals surface area contributed by atoms with E-state index < -0.39 is 0 Å². The van der Waals surface area contributed by atoms with Crippen LogP contribution < -0.4 is 4.74 Å². The van der Waals surface area contributed by atoms with Crippen LogP contribution in [0.4, 0.5) is 0 Å². The van der Waals surface area contributed by atoms with Gasteiger partial charge in [0, 0.05) is 18.8 Å². The fraction of sp³-hybridized carbons (Fsp3) is 0.300. The predicted molar refractivity (Wildman–Crippen MR) is 60.5 cm³/mol.